The summed E-state index contributed by atoms with van der Waals surface area (Å²) in [6.07, 6.45) is 0.282. The van der Waals surface area contributed by atoms with Crippen molar-refractivity contribution in [3.05, 3.63) is 35.9 Å². The summed E-state index contributed by atoms with van der Waals surface area (Å²) in [7, 11) is 1.74. The molecule has 0 heterocycles. The fourth-order valence-corrected chi connectivity index (χ4v) is 2.12. The number of hydrogen-bond acceptors (Lipinski definition) is 3. The van der Waals surface area contributed by atoms with Crippen LogP contribution in [-0.2, 0) is 11.3 Å². The first-order valence-electron chi connectivity index (χ1n) is 8.06. The van der Waals surface area contributed by atoms with Crippen LogP contribution in [0.2, 0.25) is 0 Å². The molecule has 6 nitrogen and oxygen atoms in total. The molecular formula is C17H29ClN4O2. The predicted molar refractivity (Wildman–Crippen MR) is 99.3 cm³/mol. The smallest absolute Gasteiger partial charge is 0.317 e. The molecule has 7 heteroatoms. The van der Waals surface area contributed by atoms with Crippen LogP contribution < -0.4 is 16.0 Å². The Morgan fingerprint density at radius 3 is 2.46 bits per heavy atom. The van der Waals surface area contributed by atoms with Gasteiger partial charge in [0.2, 0.25) is 5.91 Å². The zero-order chi connectivity index (χ0) is 17.1. The highest BCUT2D eigenvalue weighted by atomic mass is 35.5. The van der Waals surface area contributed by atoms with Crippen LogP contribution in [0.15, 0.2) is 30.3 Å². The predicted octanol–water partition coefficient (Wildman–Crippen LogP) is 1.75. The molecule has 0 fully saturated rings. The molecule has 0 saturated carbocycles. The Kier molecular flexibility index (Phi) is 11.7. The van der Waals surface area contributed by atoms with Gasteiger partial charge in [0.1, 0.15) is 0 Å². The summed E-state index contributed by atoms with van der Waals surface area (Å²) in [5.41, 5.74) is 1.07. The molecule has 136 valence electrons. The molecule has 0 bridgehead atoms. The third-order valence-corrected chi connectivity index (χ3v) is 3.40. The lowest BCUT2D eigenvalue weighted by Crippen LogP contribution is -2.41. The van der Waals surface area contributed by atoms with Gasteiger partial charge in [0.25, 0.3) is 0 Å². The van der Waals surface area contributed by atoms with E-state index in [0.29, 0.717) is 19.6 Å². The summed E-state index contributed by atoms with van der Waals surface area (Å²) in [5, 5.41) is 8.82. The summed E-state index contributed by atoms with van der Waals surface area (Å²) in [6.45, 7) is 6.39. The lowest BCUT2D eigenvalue weighted by atomic mass is 10.2. The lowest BCUT2D eigenvalue weighted by Gasteiger charge is -2.18. The van der Waals surface area contributed by atoms with Crippen molar-refractivity contribution < 1.29 is 9.59 Å². The fourth-order valence-electron chi connectivity index (χ4n) is 2.12. The van der Waals surface area contributed by atoms with Gasteiger partial charge in [-0.2, -0.15) is 0 Å². The highest BCUT2D eigenvalue weighted by Crippen LogP contribution is 2.02. The number of hydrogen-bond donors (Lipinski definition) is 3. The first kappa shape index (κ1) is 22.2. The molecule has 0 aliphatic heterocycles. The molecule has 0 aliphatic rings. The van der Waals surface area contributed by atoms with Crippen LogP contribution in [0.1, 0.15) is 25.8 Å². The summed E-state index contributed by atoms with van der Waals surface area (Å²) in [4.78, 5) is 25.2. The van der Waals surface area contributed by atoms with Crippen molar-refractivity contribution in [2.75, 3.05) is 26.7 Å². The standard InChI is InChI=1S/C17H28N4O2.ClH/c1-4-18-14(2)12-20-16(22)10-11-19-17(23)21(3)13-15-8-6-5-7-9-15;/h5-9,14,18H,4,10-13H2,1-3H3,(H,19,23)(H,20,22);1H/t14-;/m1./s1. The normalized spacial score (nSPS) is 11.1. The second-order valence-electron chi connectivity index (χ2n) is 5.59. The van der Waals surface area contributed by atoms with Gasteiger partial charge in [0.05, 0.1) is 0 Å². The quantitative estimate of drug-likeness (QED) is 0.631. The Morgan fingerprint density at radius 2 is 1.83 bits per heavy atom. The number of halogens is 1. The van der Waals surface area contributed by atoms with Crippen LogP contribution in [0.4, 0.5) is 4.79 Å². The summed E-state index contributed by atoms with van der Waals surface area (Å²) < 4.78 is 0. The molecule has 0 spiro atoms. The van der Waals surface area contributed by atoms with E-state index in [9.17, 15) is 9.59 Å². The third-order valence-electron chi connectivity index (χ3n) is 3.40. The van der Waals surface area contributed by atoms with E-state index < -0.39 is 0 Å². The Hall–Kier alpha value is -1.79. The van der Waals surface area contributed by atoms with Gasteiger partial charge >= 0.3 is 6.03 Å². The van der Waals surface area contributed by atoms with Gasteiger partial charge in [-0.05, 0) is 19.0 Å². The highest BCUT2D eigenvalue weighted by Gasteiger charge is 2.09. The van der Waals surface area contributed by atoms with E-state index in [4.69, 9.17) is 0 Å². The van der Waals surface area contributed by atoms with E-state index in [1.807, 2.05) is 44.2 Å². The molecule has 0 aromatic heterocycles. The van der Waals surface area contributed by atoms with E-state index in [1.54, 1.807) is 11.9 Å². The SMILES string of the molecule is CCN[C@H](C)CNC(=O)CCNC(=O)N(C)Cc1ccccc1.Cl. The second-order valence-corrected chi connectivity index (χ2v) is 5.59. The summed E-state index contributed by atoms with van der Waals surface area (Å²) >= 11 is 0. The van der Waals surface area contributed by atoms with E-state index in [-0.39, 0.29) is 36.8 Å². The first-order valence-corrected chi connectivity index (χ1v) is 8.06. The molecule has 1 aromatic carbocycles. The molecule has 3 N–H and O–H groups in total. The molecule has 0 aliphatic carbocycles. The number of amides is 3. The summed E-state index contributed by atoms with van der Waals surface area (Å²) in [6, 6.07) is 9.85. The van der Waals surface area contributed by atoms with Crippen LogP contribution in [0.25, 0.3) is 0 Å². The van der Waals surface area contributed by atoms with Gasteiger partial charge in [0.15, 0.2) is 0 Å². The topological polar surface area (TPSA) is 73.5 Å². The summed E-state index contributed by atoms with van der Waals surface area (Å²) in [5.74, 6) is -0.0548. The fraction of sp³-hybridized carbons (Fsp3) is 0.529. The number of benzene rings is 1. The molecule has 0 unspecified atom stereocenters. The van der Waals surface area contributed by atoms with E-state index >= 15 is 0 Å². The van der Waals surface area contributed by atoms with E-state index in [0.717, 1.165) is 12.1 Å². The molecule has 0 saturated heterocycles. The van der Waals surface area contributed by atoms with Crippen LogP contribution >= 0.6 is 12.4 Å². The number of rotatable bonds is 9. The maximum atomic E-state index is 12.0. The van der Waals surface area contributed by atoms with Gasteiger partial charge < -0.3 is 20.9 Å². The number of nitrogens with one attached hydrogen (secondary N) is 3. The number of carbonyl (C=O) groups excluding carboxylic acids is 2. The maximum absolute atomic E-state index is 12.0. The number of carbonyl (C=O) groups is 2. The van der Waals surface area contributed by atoms with Crippen LogP contribution in [-0.4, -0.2) is 49.6 Å². The number of nitrogens with zero attached hydrogens (tertiary/aromatic N) is 1. The molecule has 1 aromatic rings. The maximum Gasteiger partial charge on any atom is 0.317 e. The van der Waals surface area contributed by atoms with E-state index in [1.165, 1.54) is 0 Å². The average molecular weight is 357 g/mol. The van der Waals surface area contributed by atoms with Crippen LogP contribution in [0.5, 0.6) is 0 Å². The van der Waals surface area contributed by atoms with Gasteiger partial charge in [-0.3, -0.25) is 4.79 Å². The minimum atomic E-state index is -0.178. The van der Waals surface area contributed by atoms with Crippen LogP contribution in [0.3, 0.4) is 0 Å². The molecule has 3 amide bonds. The van der Waals surface area contributed by atoms with Crippen molar-refractivity contribution in [2.45, 2.75) is 32.9 Å². The van der Waals surface area contributed by atoms with Gasteiger partial charge in [-0.1, -0.05) is 37.3 Å². The molecule has 1 rings (SSSR count). The molecular weight excluding hydrogens is 328 g/mol. The van der Waals surface area contributed by atoms with Crippen molar-refractivity contribution in [2.24, 2.45) is 0 Å². The average Bonchev–Trinajstić information content (AvgIpc) is 2.54. The van der Waals surface area contributed by atoms with E-state index in [2.05, 4.69) is 16.0 Å². The zero-order valence-corrected chi connectivity index (χ0v) is 15.5. The Balaban J connectivity index is 0.00000529. The Labute approximate surface area is 150 Å². The van der Waals surface area contributed by atoms with Crippen molar-refractivity contribution >= 4 is 24.3 Å². The minimum Gasteiger partial charge on any atom is -0.354 e. The Bertz CT molecular complexity index is 485. The van der Waals surface area contributed by atoms with Gasteiger partial charge in [0, 0.05) is 39.1 Å². The highest BCUT2D eigenvalue weighted by molar-refractivity contribution is 5.85. The van der Waals surface area contributed by atoms with Crippen molar-refractivity contribution in [1.29, 1.82) is 0 Å². The first-order chi connectivity index (χ1) is 11.0. The zero-order valence-electron chi connectivity index (χ0n) is 14.7. The Morgan fingerprint density at radius 1 is 1.17 bits per heavy atom. The molecule has 1 atom stereocenters. The second kappa shape index (κ2) is 12.6. The lowest BCUT2D eigenvalue weighted by molar-refractivity contribution is -0.121. The van der Waals surface area contributed by atoms with Gasteiger partial charge in [-0.15, -0.1) is 12.4 Å². The molecule has 0 radical (unpaired) electrons. The molecule has 24 heavy (non-hydrogen) atoms. The van der Waals surface area contributed by atoms with Crippen molar-refractivity contribution in [3.8, 4) is 0 Å². The third kappa shape index (κ3) is 9.37. The van der Waals surface area contributed by atoms with Gasteiger partial charge in [-0.25, -0.2) is 4.79 Å². The van der Waals surface area contributed by atoms with Crippen molar-refractivity contribution in [3.63, 3.8) is 0 Å². The van der Waals surface area contributed by atoms with Crippen molar-refractivity contribution in [1.82, 2.24) is 20.9 Å². The minimum absolute atomic E-state index is 0. The monoisotopic (exact) mass is 356 g/mol. The largest absolute Gasteiger partial charge is 0.354 e. The van der Waals surface area contributed by atoms with Crippen LogP contribution in [0, 0.1) is 0 Å². The number of urea groups is 1. The number of likely N-dealkylation sites (N-methyl/N-ethyl adjacent to an activating group) is 1.